The fraction of sp³-hybridized carbons (Fsp3) is 0.382. The molecule has 2 aromatic heterocycles. The molecule has 2 amide bonds. The van der Waals surface area contributed by atoms with E-state index >= 15 is 0 Å². The Kier molecular flexibility index (Phi) is 13.4. The summed E-state index contributed by atoms with van der Waals surface area (Å²) >= 11 is 0. The van der Waals surface area contributed by atoms with E-state index in [2.05, 4.69) is 21.8 Å². The molecular formula is C34H42Br2N8O7. The average Bonchev–Trinajstić information content (AvgIpc) is 3.72. The van der Waals surface area contributed by atoms with Crippen LogP contribution in [0.4, 0.5) is 16.7 Å². The van der Waals surface area contributed by atoms with Gasteiger partial charge in [0.05, 0.1) is 23.7 Å². The van der Waals surface area contributed by atoms with Gasteiger partial charge in [-0.2, -0.15) is 0 Å². The number of benzene rings is 2. The molecule has 1 fully saturated rings. The molecular weight excluding hydrogens is 792 g/mol. The van der Waals surface area contributed by atoms with Crippen molar-refractivity contribution in [2.45, 2.75) is 52.3 Å². The van der Waals surface area contributed by atoms with Crippen LogP contribution in [0, 0.1) is 17.8 Å². The SMILES string of the molecule is Br.Br.COc1cc(C(=O)O)cc2nc(N)n(C/C=C/Cn3c(N)nc4cc(C(N)=O)cc(OCC#CCC5CCN(C(=O)OC(C)(C)C)C5)c43)c12. The van der Waals surface area contributed by atoms with Crippen molar-refractivity contribution in [3.05, 3.63) is 47.5 Å². The Balaban J connectivity index is 0.00000351. The van der Waals surface area contributed by atoms with Crippen molar-refractivity contribution in [1.29, 1.82) is 0 Å². The van der Waals surface area contributed by atoms with Crippen LogP contribution in [0.3, 0.4) is 0 Å². The van der Waals surface area contributed by atoms with Crippen molar-refractivity contribution in [2.75, 3.05) is 38.3 Å². The number of carboxylic acids is 1. The zero-order valence-corrected chi connectivity index (χ0v) is 32.1. The van der Waals surface area contributed by atoms with Crippen molar-refractivity contribution in [1.82, 2.24) is 24.0 Å². The highest BCUT2D eigenvalue weighted by Gasteiger charge is 2.29. The molecule has 0 saturated carbocycles. The van der Waals surface area contributed by atoms with Crippen LogP contribution in [-0.2, 0) is 17.8 Å². The van der Waals surface area contributed by atoms with Crippen LogP contribution >= 0.6 is 34.0 Å². The van der Waals surface area contributed by atoms with Crippen molar-refractivity contribution in [3.8, 4) is 23.3 Å². The molecule has 15 nitrogen and oxygen atoms in total. The van der Waals surface area contributed by atoms with E-state index in [-0.39, 0.29) is 75.6 Å². The van der Waals surface area contributed by atoms with Crippen LogP contribution in [0.5, 0.6) is 11.5 Å². The van der Waals surface area contributed by atoms with Crippen molar-refractivity contribution >= 4 is 85.9 Å². The molecule has 274 valence electrons. The summed E-state index contributed by atoms with van der Waals surface area (Å²) in [5.41, 5.74) is 19.7. The summed E-state index contributed by atoms with van der Waals surface area (Å²) in [5.74, 6) is 5.73. The molecule has 1 aliphatic heterocycles. The van der Waals surface area contributed by atoms with E-state index in [1.165, 1.54) is 19.2 Å². The Morgan fingerprint density at radius 1 is 0.941 bits per heavy atom. The van der Waals surface area contributed by atoms with Gasteiger partial charge in [0.2, 0.25) is 17.8 Å². The minimum Gasteiger partial charge on any atom is -0.494 e. The van der Waals surface area contributed by atoms with E-state index < -0.39 is 17.5 Å². The molecule has 51 heavy (non-hydrogen) atoms. The maximum atomic E-state index is 12.4. The molecule has 17 heteroatoms. The van der Waals surface area contributed by atoms with E-state index in [1.807, 2.05) is 32.9 Å². The van der Waals surface area contributed by atoms with Gasteiger partial charge in [-0.1, -0.05) is 24.0 Å². The largest absolute Gasteiger partial charge is 0.494 e. The predicted octanol–water partition coefficient (Wildman–Crippen LogP) is 4.80. The van der Waals surface area contributed by atoms with E-state index in [1.54, 1.807) is 26.2 Å². The Morgan fingerprint density at radius 3 is 2.06 bits per heavy atom. The van der Waals surface area contributed by atoms with Gasteiger partial charge in [0.1, 0.15) is 34.7 Å². The van der Waals surface area contributed by atoms with E-state index in [9.17, 15) is 19.5 Å². The number of nitrogens with zero attached hydrogens (tertiary/aromatic N) is 5. The zero-order valence-electron chi connectivity index (χ0n) is 28.7. The van der Waals surface area contributed by atoms with Gasteiger partial charge in [0.15, 0.2) is 0 Å². The standard InChI is InChI=1S/C34H40N8O7.2BrH/c1-34(2,3)49-33(46)40-13-10-20(19-40)9-5-8-14-48-26-17-21(29(35)43)15-23-28(26)42(32(37)38-23)12-7-6-11-41-27-24(39-31(41)36)16-22(30(44)45)18-25(27)47-4;;/h6-7,15-18,20H,9-14,19H2,1-4H3,(H2,35,43)(H2,36,39)(H2,37,38)(H,44,45);2*1H/b7-6+;;. The molecule has 1 saturated heterocycles. The second-order valence-electron chi connectivity index (χ2n) is 12.6. The number of nitrogens with two attached hydrogens (primary N) is 3. The Hall–Kier alpha value is -4.95. The molecule has 1 aliphatic rings. The van der Waals surface area contributed by atoms with Gasteiger partial charge in [0.25, 0.3) is 0 Å². The second-order valence-corrected chi connectivity index (χ2v) is 12.6. The smallest absolute Gasteiger partial charge is 0.410 e. The van der Waals surface area contributed by atoms with Crippen LogP contribution in [0.25, 0.3) is 22.1 Å². The van der Waals surface area contributed by atoms with Crippen LogP contribution in [0.1, 0.15) is 54.3 Å². The quantitative estimate of drug-likeness (QED) is 0.126. The summed E-state index contributed by atoms with van der Waals surface area (Å²) in [6.45, 7) is 7.38. The number of halogens is 2. The number of aromatic carboxylic acids is 1. The fourth-order valence-corrected chi connectivity index (χ4v) is 5.63. The van der Waals surface area contributed by atoms with Crippen LogP contribution in [-0.4, -0.2) is 79.5 Å². The first-order valence-corrected chi connectivity index (χ1v) is 15.6. The highest BCUT2D eigenvalue weighted by molar-refractivity contribution is 8.93. The van der Waals surface area contributed by atoms with E-state index in [0.717, 1.165) is 6.42 Å². The number of carbonyl (C=O) groups excluding carboxylic acids is 2. The predicted molar refractivity (Wildman–Crippen MR) is 204 cm³/mol. The summed E-state index contributed by atoms with van der Waals surface area (Å²) < 4.78 is 20.4. The van der Waals surface area contributed by atoms with Gasteiger partial charge in [0, 0.05) is 38.2 Å². The van der Waals surface area contributed by atoms with Crippen molar-refractivity contribution in [2.24, 2.45) is 11.7 Å². The lowest BCUT2D eigenvalue weighted by Gasteiger charge is -2.24. The molecule has 0 spiro atoms. The number of methoxy groups -OCH3 is 1. The topological polar surface area (TPSA) is 216 Å². The number of primary amides is 1. The Bertz CT molecular complexity index is 2020. The monoisotopic (exact) mass is 832 g/mol. The molecule has 3 heterocycles. The molecule has 7 N–H and O–H groups in total. The molecule has 0 bridgehead atoms. The number of imidazole rings is 2. The van der Waals surface area contributed by atoms with E-state index in [0.29, 0.717) is 66.2 Å². The highest BCUT2D eigenvalue weighted by Crippen LogP contribution is 2.31. The normalized spacial score (nSPS) is 14.1. The van der Waals surface area contributed by atoms with Crippen LogP contribution in [0.2, 0.25) is 0 Å². The number of carbonyl (C=O) groups is 3. The number of nitrogen functional groups attached to an aromatic ring is 2. The van der Waals surface area contributed by atoms with Crippen LogP contribution in [0.15, 0.2) is 36.4 Å². The summed E-state index contributed by atoms with van der Waals surface area (Å²) in [7, 11) is 1.45. The van der Waals surface area contributed by atoms with Crippen molar-refractivity contribution in [3.63, 3.8) is 0 Å². The van der Waals surface area contributed by atoms with Gasteiger partial charge in [-0.05, 0) is 57.4 Å². The first-order valence-electron chi connectivity index (χ1n) is 15.6. The number of hydrogen-bond donors (Lipinski definition) is 4. The number of fused-ring (bicyclic) bond motifs is 2. The maximum Gasteiger partial charge on any atom is 0.410 e. The van der Waals surface area contributed by atoms with Gasteiger partial charge in [-0.15, -0.1) is 34.0 Å². The lowest BCUT2D eigenvalue weighted by molar-refractivity contribution is 0.0288. The summed E-state index contributed by atoms with van der Waals surface area (Å²) in [4.78, 5) is 46.4. The first kappa shape index (κ1) is 40.5. The lowest BCUT2D eigenvalue weighted by atomic mass is 10.1. The van der Waals surface area contributed by atoms with Crippen molar-refractivity contribution < 1.29 is 33.7 Å². The first-order chi connectivity index (χ1) is 23.3. The number of anilines is 2. The Labute approximate surface area is 315 Å². The Morgan fingerprint density at radius 2 is 1.51 bits per heavy atom. The lowest BCUT2D eigenvalue weighted by Crippen LogP contribution is -2.35. The molecule has 0 aliphatic carbocycles. The van der Waals surface area contributed by atoms with Gasteiger partial charge in [-0.25, -0.2) is 19.6 Å². The third-order valence-corrected chi connectivity index (χ3v) is 7.92. The number of aromatic nitrogens is 4. The molecule has 4 aromatic rings. The maximum absolute atomic E-state index is 12.4. The summed E-state index contributed by atoms with van der Waals surface area (Å²) in [6, 6.07) is 5.96. The number of carboxylic acid groups (broad SMARTS) is 1. The van der Waals surface area contributed by atoms with Crippen LogP contribution < -0.4 is 26.7 Å². The number of hydrogen-bond acceptors (Lipinski definition) is 10. The molecule has 1 unspecified atom stereocenters. The number of amides is 2. The van der Waals surface area contributed by atoms with Gasteiger partial charge in [-0.3, -0.25) is 4.79 Å². The average molecular weight is 835 g/mol. The summed E-state index contributed by atoms with van der Waals surface area (Å²) in [6.07, 6.45) is 4.83. The third kappa shape index (κ3) is 9.44. The molecule has 0 radical (unpaired) electrons. The fourth-order valence-electron chi connectivity index (χ4n) is 5.63. The number of rotatable bonds is 10. The third-order valence-electron chi connectivity index (χ3n) is 7.92. The molecule has 1 atom stereocenters. The zero-order chi connectivity index (χ0) is 35.5. The number of likely N-dealkylation sites (tertiary alicyclic amines) is 1. The van der Waals surface area contributed by atoms with E-state index in [4.69, 9.17) is 31.4 Å². The summed E-state index contributed by atoms with van der Waals surface area (Å²) in [5, 5.41) is 9.42. The second kappa shape index (κ2) is 16.8. The number of ether oxygens (including phenoxy) is 3. The minimum atomic E-state index is -1.10. The van der Waals surface area contributed by atoms with Gasteiger partial charge >= 0.3 is 12.1 Å². The molecule has 5 rings (SSSR count). The number of allylic oxidation sites excluding steroid dienone is 2. The molecule has 2 aromatic carbocycles. The minimum absolute atomic E-state index is 0. The van der Waals surface area contributed by atoms with Gasteiger partial charge < -0.3 is 50.6 Å². The highest BCUT2D eigenvalue weighted by atomic mass is 79.9.